The second kappa shape index (κ2) is 7.69. The highest BCUT2D eigenvalue weighted by molar-refractivity contribution is 7.90. The molecule has 2 atom stereocenters. The Morgan fingerprint density at radius 1 is 1.17 bits per heavy atom. The highest BCUT2D eigenvalue weighted by atomic mass is 32.2. The van der Waals surface area contributed by atoms with Crippen LogP contribution >= 0.6 is 0 Å². The van der Waals surface area contributed by atoms with Gasteiger partial charge in [0.25, 0.3) is 0 Å². The Hall–Kier alpha value is -2.40. The topological polar surface area (TPSA) is 107 Å². The number of nitriles is 1. The Morgan fingerprint density at radius 2 is 1.87 bits per heavy atom. The Bertz CT molecular complexity index is 1020. The van der Waals surface area contributed by atoms with Crippen LogP contribution in [0.2, 0.25) is 0 Å². The molecule has 0 saturated heterocycles. The van der Waals surface area contributed by atoms with E-state index in [1.165, 1.54) is 6.26 Å². The van der Waals surface area contributed by atoms with Crippen molar-refractivity contribution in [3.05, 3.63) is 29.3 Å². The SMILES string of the molecule is CS(=O)(=O)c1ccc2c(c1)CCN(C(=O)[C@@H]1CCCC[C@H]1C(=O)NC1(C#N)CC1)C2. The molecule has 4 rings (SSSR count). The van der Waals surface area contributed by atoms with E-state index in [1.54, 1.807) is 23.1 Å². The number of nitrogens with one attached hydrogen (secondary N) is 1. The third-order valence-electron chi connectivity index (χ3n) is 6.68. The lowest BCUT2D eigenvalue weighted by Gasteiger charge is -2.36. The molecule has 2 amide bonds. The summed E-state index contributed by atoms with van der Waals surface area (Å²) in [7, 11) is -3.26. The molecule has 160 valence electrons. The molecule has 30 heavy (non-hydrogen) atoms. The zero-order valence-corrected chi connectivity index (χ0v) is 18.0. The van der Waals surface area contributed by atoms with Gasteiger partial charge in [0.1, 0.15) is 5.54 Å². The number of amides is 2. The van der Waals surface area contributed by atoms with E-state index < -0.39 is 15.4 Å². The van der Waals surface area contributed by atoms with Crippen LogP contribution in [0.5, 0.6) is 0 Å². The highest BCUT2D eigenvalue weighted by Crippen LogP contribution is 2.38. The van der Waals surface area contributed by atoms with Crippen LogP contribution in [0.25, 0.3) is 0 Å². The van der Waals surface area contributed by atoms with Crippen LogP contribution in [0.3, 0.4) is 0 Å². The van der Waals surface area contributed by atoms with Crippen LogP contribution in [0, 0.1) is 23.2 Å². The summed E-state index contributed by atoms with van der Waals surface area (Å²) in [5, 5.41) is 12.2. The number of carbonyl (C=O) groups excluding carboxylic acids is 2. The van der Waals surface area contributed by atoms with E-state index in [9.17, 15) is 23.3 Å². The first-order valence-corrected chi connectivity index (χ1v) is 12.5. The fraction of sp³-hybridized carbons (Fsp3) is 0.591. The third kappa shape index (κ3) is 4.08. The van der Waals surface area contributed by atoms with Crippen molar-refractivity contribution >= 4 is 21.7 Å². The minimum absolute atomic E-state index is 0.00510. The van der Waals surface area contributed by atoms with Crippen molar-refractivity contribution in [1.29, 1.82) is 5.26 Å². The lowest BCUT2D eigenvalue weighted by Crippen LogP contribution is -2.48. The van der Waals surface area contributed by atoms with Crippen LogP contribution in [0.1, 0.15) is 49.7 Å². The maximum absolute atomic E-state index is 13.3. The number of benzene rings is 1. The Kier molecular flexibility index (Phi) is 5.35. The van der Waals surface area contributed by atoms with Crippen LogP contribution in [-0.2, 0) is 32.4 Å². The molecule has 0 unspecified atom stereocenters. The summed E-state index contributed by atoms with van der Waals surface area (Å²) >= 11 is 0. The summed E-state index contributed by atoms with van der Waals surface area (Å²) in [6.07, 6.45) is 6.35. The summed E-state index contributed by atoms with van der Waals surface area (Å²) < 4.78 is 23.6. The smallest absolute Gasteiger partial charge is 0.226 e. The summed E-state index contributed by atoms with van der Waals surface area (Å²) in [5.41, 5.74) is 1.20. The number of fused-ring (bicyclic) bond motifs is 1. The van der Waals surface area contributed by atoms with Crippen molar-refractivity contribution in [2.24, 2.45) is 11.8 Å². The van der Waals surface area contributed by atoms with Gasteiger partial charge in [0.2, 0.25) is 11.8 Å². The maximum atomic E-state index is 13.3. The molecule has 1 N–H and O–H groups in total. The van der Waals surface area contributed by atoms with E-state index in [-0.39, 0.29) is 23.7 Å². The zero-order chi connectivity index (χ0) is 21.5. The molecule has 1 aromatic rings. The molecule has 7 nitrogen and oxygen atoms in total. The van der Waals surface area contributed by atoms with Crippen molar-refractivity contribution in [3.63, 3.8) is 0 Å². The first kappa shape index (κ1) is 20.9. The Morgan fingerprint density at radius 3 is 2.50 bits per heavy atom. The monoisotopic (exact) mass is 429 g/mol. The van der Waals surface area contributed by atoms with E-state index in [1.807, 2.05) is 0 Å². The minimum atomic E-state index is -3.26. The summed E-state index contributed by atoms with van der Waals surface area (Å²) in [5.74, 6) is -0.909. The molecular formula is C22H27N3O4S. The molecule has 0 aromatic heterocycles. The van der Waals surface area contributed by atoms with E-state index in [2.05, 4.69) is 11.4 Å². The van der Waals surface area contributed by atoms with Gasteiger partial charge in [-0.05, 0) is 55.4 Å². The third-order valence-corrected chi connectivity index (χ3v) is 7.79. The van der Waals surface area contributed by atoms with Crippen molar-refractivity contribution in [1.82, 2.24) is 10.2 Å². The van der Waals surface area contributed by atoms with Crippen LogP contribution in [0.4, 0.5) is 0 Å². The van der Waals surface area contributed by atoms with Crippen molar-refractivity contribution in [2.45, 2.75) is 61.9 Å². The number of hydrogen-bond donors (Lipinski definition) is 1. The predicted molar refractivity (Wildman–Crippen MR) is 110 cm³/mol. The van der Waals surface area contributed by atoms with E-state index in [0.717, 1.165) is 24.0 Å². The number of hydrogen-bond acceptors (Lipinski definition) is 5. The number of rotatable bonds is 4. The molecule has 0 radical (unpaired) electrons. The van der Waals surface area contributed by atoms with Gasteiger partial charge in [-0.25, -0.2) is 8.42 Å². The fourth-order valence-electron chi connectivity index (χ4n) is 4.64. The summed E-state index contributed by atoms with van der Waals surface area (Å²) in [6, 6.07) is 7.28. The summed E-state index contributed by atoms with van der Waals surface area (Å²) in [4.78, 5) is 28.3. The zero-order valence-electron chi connectivity index (χ0n) is 17.2. The van der Waals surface area contributed by atoms with Gasteiger partial charge in [-0.2, -0.15) is 5.26 Å². The van der Waals surface area contributed by atoms with Gasteiger partial charge < -0.3 is 10.2 Å². The molecule has 8 heteroatoms. The molecular weight excluding hydrogens is 402 g/mol. The molecule has 0 bridgehead atoms. The molecule has 0 spiro atoms. The van der Waals surface area contributed by atoms with Gasteiger partial charge in [-0.15, -0.1) is 0 Å². The van der Waals surface area contributed by atoms with Crippen molar-refractivity contribution in [2.75, 3.05) is 12.8 Å². The molecule has 1 aromatic carbocycles. The molecule has 1 heterocycles. The van der Waals surface area contributed by atoms with Gasteiger partial charge in [0, 0.05) is 31.2 Å². The average Bonchev–Trinajstić information content (AvgIpc) is 3.51. The van der Waals surface area contributed by atoms with Crippen molar-refractivity contribution in [3.8, 4) is 6.07 Å². The lowest BCUT2D eigenvalue weighted by molar-refractivity contribution is -0.144. The van der Waals surface area contributed by atoms with Gasteiger partial charge in [-0.1, -0.05) is 18.9 Å². The normalized spacial score (nSPS) is 25.0. The first-order chi connectivity index (χ1) is 14.2. The molecule has 2 aliphatic carbocycles. The average molecular weight is 430 g/mol. The minimum Gasteiger partial charge on any atom is -0.338 e. The van der Waals surface area contributed by atoms with E-state index in [4.69, 9.17) is 0 Å². The van der Waals surface area contributed by atoms with Crippen LogP contribution < -0.4 is 5.32 Å². The van der Waals surface area contributed by atoms with Gasteiger partial charge in [0.15, 0.2) is 9.84 Å². The quantitative estimate of drug-likeness (QED) is 0.787. The second-order valence-electron chi connectivity index (χ2n) is 8.89. The molecule has 1 aliphatic heterocycles. The molecule has 2 fully saturated rings. The van der Waals surface area contributed by atoms with Gasteiger partial charge in [0.05, 0.1) is 11.0 Å². The first-order valence-electron chi connectivity index (χ1n) is 10.6. The van der Waals surface area contributed by atoms with E-state index in [0.29, 0.717) is 50.1 Å². The lowest BCUT2D eigenvalue weighted by atomic mass is 9.77. The summed E-state index contributed by atoms with van der Waals surface area (Å²) in [6.45, 7) is 0.956. The Balaban J connectivity index is 1.48. The van der Waals surface area contributed by atoms with Crippen LogP contribution in [0.15, 0.2) is 23.1 Å². The van der Waals surface area contributed by atoms with Gasteiger partial charge in [-0.3, -0.25) is 9.59 Å². The largest absolute Gasteiger partial charge is 0.338 e. The number of sulfone groups is 1. The molecule has 3 aliphatic rings. The maximum Gasteiger partial charge on any atom is 0.226 e. The van der Waals surface area contributed by atoms with E-state index >= 15 is 0 Å². The predicted octanol–water partition coefficient (Wildman–Crippen LogP) is 1.95. The van der Waals surface area contributed by atoms with Crippen LogP contribution in [-0.4, -0.2) is 43.5 Å². The number of nitrogens with zero attached hydrogens (tertiary/aromatic N) is 2. The second-order valence-corrected chi connectivity index (χ2v) is 10.9. The Labute approximate surface area is 177 Å². The van der Waals surface area contributed by atoms with Crippen molar-refractivity contribution < 1.29 is 18.0 Å². The fourth-order valence-corrected chi connectivity index (χ4v) is 5.31. The van der Waals surface area contributed by atoms with Gasteiger partial charge >= 0.3 is 0 Å². The highest BCUT2D eigenvalue weighted by Gasteiger charge is 2.47. The number of carbonyl (C=O) groups is 2. The standard InChI is InChI=1S/C22H27N3O4S/c1-30(28,29)17-7-6-16-13-25(11-8-15(16)12-17)21(27)19-5-3-2-4-18(19)20(26)24-22(14-23)9-10-22/h6-7,12,18-19H,2-5,8-11,13H2,1H3,(H,24,26)/t18-,19-/m1/s1. The molecule has 2 saturated carbocycles.